The second kappa shape index (κ2) is 12.6. The summed E-state index contributed by atoms with van der Waals surface area (Å²) in [5, 5.41) is 3.84. The standard InChI is InChI=1S/C32H29ClFN5O4S/c1-42-22-12-10-20(26(16-22)43-2)18-39-28(23-15-21(33)11-13-24(23)34)37-30-27(31(39)41)36-32(44-30)38-14-6-9-25(38)29(40)35-17-19-7-4-3-5-8-19/h3-5,7-8,10-13,15-16,25H,6,9,14,17-18H2,1-2H3,(H,35,40)/t25-/m1/s1. The molecule has 3 aromatic carbocycles. The molecule has 226 valence electrons. The summed E-state index contributed by atoms with van der Waals surface area (Å²) in [6.07, 6.45) is 1.46. The van der Waals surface area contributed by atoms with Crippen molar-refractivity contribution in [1.29, 1.82) is 0 Å². The summed E-state index contributed by atoms with van der Waals surface area (Å²) in [6.45, 7) is 1.05. The Bertz CT molecular complexity index is 1900. The number of thiazole rings is 1. The molecule has 6 rings (SSSR count). The van der Waals surface area contributed by atoms with Crippen molar-refractivity contribution in [2.75, 3.05) is 25.7 Å². The number of carbonyl (C=O) groups excluding carboxylic acids is 1. The molecular weight excluding hydrogens is 605 g/mol. The molecule has 1 atom stereocenters. The molecule has 0 unspecified atom stereocenters. The van der Waals surface area contributed by atoms with Crippen molar-refractivity contribution in [3.8, 4) is 22.9 Å². The van der Waals surface area contributed by atoms with Gasteiger partial charge in [0, 0.05) is 29.7 Å². The summed E-state index contributed by atoms with van der Waals surface area (Å²) < 4.78 is 27.5. The van der Waals surface area contributed by atoms with E-state index in [9.17, 15) is 9.59 Å². The Morgan fingerprint density at radius 2 is 1.91 bits per heavy atom. The summed E-state index contributed by atoms with van der Waals surface area (Å²) in [7, 11) is 3.07. The Kier molecular flexibility index (Phi) is 8.49. The highest BCUT2D eigenvalue weighted by molar-refractivity contribution is 7.21. The van der Waals surface area contributed by atoms with Gasteiger partial charge in [-0.1, -0.05) is 53.3 Å². The van der Waals surface area contributed by atoms with Gasteiger partial charge in [-0.2, -0.15) is 0 Å². The van der Waals surface area contributed by atoms with Gasteiger partial charge in [-0.3, -0.25) is 14.2 Å². The van der Waals surface area contributed by atoms with Crippen LogP contribution in [0.15, 0.2) is 71.5 Å². The molecule has 1 amide bonds. The molecule has 0 radical (unpaired) electrons. The molecule has 1 aliphatic rings. The maximum absolute atomic E-state index is 15.2. The van der Waals surface area contributed by atoms with Crippen LogP contribution >= 0.6 is 22.9 Å². The lowest BCUT2D eigenvalue weighted by atomic mass is 10.1. The normalized spacial score (nSPS) is 14.6. The minimum absolute atomic E-state index is 0.0251. The van der Waals surface area contributed by atoms with E-state index in [0.29, 0.717) is 51.6 Å². The highest BCUT2D eigenvalue weighted by Gasteiger charge is 2.33. The number of carbonyl (C=O) groups is 1. The lowest BCUT2D eigenvalue weighted by Crippen LogP contribution is -2.43. The summed E-state index contributed by atoms with van der Waals surface area (Å²) in [6, 6.07) is 18.6. The number of benzene rings is 3. The first kappa shape index (κ1) is 29.6. The van der Waals surface area contributed by atoms with E-state index in [1.54, 1.807) is 25.3 Å². The zero-order valence-electron chi connectivity index (χ0n) is 24.0. The Labute approximate surface area is 261 Å². The van der Waals surface area contributed by atoms with Crippen molar-refractivity contribution in [1.82, 2.24) is 19.9 Å². The van der Waals surface area contributed by atoms with Gasteiger partial charge >= 0.3 is 0 Å². The van der Waals surface area contributed by atoms with Crippen LogP contribution in [0.3, 0.4) is 0 Å². The number of nitrogens with one attached hydrogen (secondary N) is 1. The largest absolute Gasteiger partial charge is 0.497 e. The number of anilines is 1. The van der Waals surface area contributed by atoms with E-state index < -0.39 is 17.4 Å². The molecule has 44 heavy (non-hydrogen) atoms. The summed E-state index contributed by atoms with van der Waals surface area (Å²) in [4.78, 5) is 39.0. The van der Waals surface area contributed by atoms with E-state index in [1.807, 2.05) is 35.2 Å². The third-order valence-corrected chi connectivity index (χ3v) is 8.83. The van der Waals surface area contributed by atoms with Crippen molar-refractivity contribution in [2.24, 2.45) is 0 Å². The molecule has 1 N–H and O–H groups in total. The zero-order chi connectivity index (χ0) is 30.8. The van der Waals surface area contributed by atoms with Crippen LogP contribution in [-0.2, 0) is 17.9 Å². The molecule has 2 aromatic heterocycles. The Hall–Kier alpha value is -4.48. The van der Waals surface area contributed by atoms with E-state index in [2.05, 4.69) is 10.3 Å². The lowest BCUT2D eigenvalue weighted by Gasteiger charge is -2.23. The van der Waals surface area contributed by atoms with E-state index >= 15 is 4.39 Å². The lowest BCUT2D eigenvalue weighted by molar-refractivity contribution is -0.122. The van der Waals surface area contributed by atoms with Gasteiger partial charge in [0.15, 0.2) is 15.5 Å². The predicted molar refractivity (Wildman–Crippen MR) is 169 cm³/mol. The van der Waals surface area contributed by atoms with Crippen LogP contribution in [0.2, 0.25) is 5.02 Å². The van der Waals surface area contributed by atoms with Gasteiger partial charge < -0.3 is 19.7 Å². The van der Waals surface area contributed by atoms with Gasteiger partial charge in [0.25, 0.3) is 5.56 Å². The van der Waals surface area contributed by atoms with Crippen molar-refractivity contribution in [3.63, 3.8) is 0 Å². The predicted octanol–water partition coefficient (Wildman–Crippen LogP) is 5.66. The molecule has 12 heteroatoms. The zero-order valence-corrected chi connectivity index (χ0v) is 25.6. The molecule has 0 saturated carbocycles. The van der Waals surface area contributed by atoms with Gasteiger partial charge in [-0.05, 0) is 48.7 Å². The number of nitrogens with zero attached hydrogens (tertiary/aromatic N) is 4. The first-order valence-corrected chi connectivity index (χ1v) is 15.2. The second-order valence-corrected chi connectivity index (χ2v) is 11.7. The summed E-state index contributed by atoms with van der Waals surface area (Å²) in [5.41, 5.74) is 1.43. The van der Waals surface area contributed by atoms with E-state index in [-0.39, 0.29) is 29.4 Å². The Morgan fingerprint density at radius 1 is 1.09 bits per heavy atom. The third-order valence-electron chi connectivity index (χ3n) is 7.61. The maximum atomic E-state index is 15.2. The number of fused-ring (bicyclic) bond motifs is 1. The first-order valence-electron chi connectivity index (χ1n) is 14.0. The monoisotopic (exact) mass is 633 g/mol. The van der Waals surface area contributed by atoms with Crippen molar-refractivity contribution >= 4 is 44.3 Å². The van der Waals surface area contributed by atoms with Crippen LogP contribution in [0.4, 0.5) is 9.52 Å². The van der Waals surface area contributed by atoms with Crippen LogP contribution in [0, 0.1) is 5.82 Å². The Morgan fingerprint density at radius 3 is 2.68 bits per heavy atom. The van der Waals surface area contributed by atoms with Crippen LogP contribution < -0.4 is 25.2 Å². The van der Waals surface area contributed by atoms with Crippen LogP contribution in [0.1, 0.15) is 24.0 Å². The minimum atomic E-state index is -0.574. The van der Waals surface area contributed by atoms with Crippen molar-refractivity contribution < 1.29 is 18.7 Å². The van der Waals surface area contributed by atoms with Crippen molar-refractivity contribution in [3.05, 3.63) is 99.1 Å². The van der Waals surface area contributed by atoms with Gasteiger partial charge in [0.05, 0.1) is 26.3 Å². The fourth-order valence-corrected chi connectivity index (χ4v) is 6.54. The molecule has 1 saturated heterocycles. The van der Waals surface area contributed by atoms with Crippen molar-refractivity contribution in [2.45, 2.75) is 32.0 Å². The molecule has 0 aliphatic carbocycles. The summed E-state index contributed by atoms with van der Waals surface area (Å²) in [5.74, 6) is 0.507. The molecule has 3 heterocycles. The quantitative estimate of drug-likeness (QED) is 0.224. The van der Waals surface area contributed by atoms with Gasteiger partial charge in [0.1, 0.15) is 29.2 Å². The Balaban J connectivity index is 1.40. The minimum Gasteiger partial charge on any atom is -0.497 e. The van der Waals surface area contributed by atoms with Crippen LogP contribution in [-0.4, -0.2) is 47.2 Å². The third kappa shape index (κ3) is 5.85. The molecule has 0 bridgehead atoms. The summed E-state index contributed by atoms with van der Waals surface area (Å²) >= 11 is 7.45. The smallest absolute Gasteiger partial charge is 0.281 e. The van der Waals surface area contributed by atoms with Crippen LogP contribution in [0.5, 0.6) is 11.5 Å². The topological polar surface area (TPSA) is 98.6 Å². The number of amides is 1. The first-order chi connectivity index (χ1) is 21.4. The molecule has 1 fully saturated rings. The van der Waals surface area contributed by atoms with Crippen LogP contribution in [0.25, 0.3) is 21.7 Å². The number of hydrogen-bond donors (Lipinski definition) is 1. The number of aromatic nitrogens is 3. The fourth-order valence-electron chi connectivity index (χ4n) is 5.36. The number of methoxy groups -OCH3 is 2. The number of hydrogen-bond acceptors (Lipinski definition) is 8. The molecule has 9 nitrogen and oxygen atoms in total. The van der Waals surface area contributed by atoms with E-state index in [1.165, 1.54) is 41.2 Å². The highest BCUT2D eigenvalue weighted by atomic mass is 35.5. The van der Waals surface area contributed by atoms with Gasteiger partial charge in [0.2, 0.25) is 5.91 Å². The second-order valence-electron chi connectivity index (χ2n) is 10.3. The molecule has 5 aromatic rings. The van der Waals surface area contributed by atoms with E-state index in [4.69, 9.17) is 26.1 Å². The average Bonchev–Trinajstić information content (AvgIpc) is 3.71. The average molecular weight is 634 g/mol. The number of halogens is 2. The molecular formula is C32H29ClFN5O4S. The maximum Gasteiger partial charge on any atom is 0.281 e. The SMILES string of the molecule is COc1ccc(Cn2c(-c3cc(Cl)ccc3F)nc3sc(N4CCC[C@@H]4C(=O)NCc4ccccc4)nc3c2=O)c(OC)c1. The van der Waals surface area contributed by atoms with E-state index in [0.717, 1.165) is 12.0 Å². The molecule has 1 aliphatic heterocycles. The number of rotatable bonds is 9. The molecule has 0 spiro atoms. The van der Waals surface area contributed by atoms with Gasteiger partial charge in [-0.15, -0.1) is 0 Å². The number of ether oxygens (including phenoxy) is 2. The fraction of sp³-hybridized carbons (Fsp3) is 0.250. The van der Waals surface area contributed by atoms with Gasteiger partial charge in [-0.25, -0.2) is 14.4 Å². The highest BCUT2D eigenvalue weighted by Crippen LogP contribution is 2.34.